The number of carbonyl (C=O) groups excluding carboxylic acids is 1. The minimum atomic E-state index is -0.202. The zero-order valence-corrected chi connectivity index (χ0v) is 19.1. The molecule has 4 rings (SSSR count). The number of likely N-dealkylation sites (tertiary alicyclic amines) is 1. The molecule has 7 heteroatoms. The van der Waals surface area contributed by atoms with Gasteiger partial charge in [-0.25, -0.2) is 0 Å². The van der Waals surface area contributed by atoms with E-state index in [0.29, 0.717) is 24.7 Å². The molecule has 1 aliphatic carbocycles. The first-order chi connectivity index (χ1) is 14.6. The molecule has 2 aliphatic rings. The van der Waals surface area contributed by atoms with Crippen molar-refractivity contribution in [1.82, 2.24) is 9.47 Å². The largest absolute Gasteiger partial charge is 0.493 e. The number of amides is 1. The average Bonchev–Trinajstić information content (AvgIpc) is 3.02. The molecule has 1 aromatic heterocycles. The fourth-order valence-corrected chi connectivity index (χ4v) is 5.16. The lowest BCUT2D eigenvalue weighted by Gasteiger charge is -2.27. The molecule has 0 unspecified atom stereocenters. The Kier molecular flexibility index (Phi) is 7.20. The molecule has 2 aromatic rings. The van der Waals surface area contributed by atoms with Crippen molar-refractivity contribution in [3.05, 3.63) is 22.7 Å². The number of benzene rings is 1. The molecular weight excluding hydrogens is 444 g/mol. The molecule has 1 saturated heterocycles. The van der Waals surface area contributed by atoms with Gasteiger partial charge in [0.15, 0.2) is 5.69 Å². The Morgan fingerprint density at radius 2 is 1.83 bits per heavy atom. The van der Waals surface area contributed by atoms with Crippen LogP contribution in [0, 0.1) is 5.92 Å². The highest BCUT2D eigenvalue weighted by atomic mass is 79.9. The molecule has 0 atom stereocenters. The maximum absolute atomic E-state index is 12.3. The van der Waals surface area contributed by atoms with Crippen LogP contribution < -0.4 is 0 Å². The third kappa shape index (κ3) is 5.11. The SMILES string of the molecule is O=C(CCC1CCCCC1)N=Nc1c(O)n(CN2CCCCC2)c2ccc(Br)cc12. The number of halogens is 1. The summed E-state index contributed by atoms with van der Waals surface area (Å²) in [5.74, 6) is 0.526. The lowest BCUT2D eigenvalue weighted by atomic mass is 9.86. The van der Waals surface area contributed by atoms with Gasteiger partial charge in [-0.2, -0.15) is 0 Å². The maximum atomic E-state index is 12.3. The summed E-state index contributed by atoms with van der Waals surface area (Å²) in [6, 6.07) is 5.88. The van der Waals surface area contributed by atoms with Crippen LogP contribution in [0.1, 0.15) is 64.2 Å². The average molecular weight is 475 g/mol. The van der Waals surface area contributed by atoms with Crippen molar-refractivity contribution in [2.75, 3.05) is 13.1 Å². The van der Waals surface area contributed by atoms with Crippen molar-refractivity contribution < 1.29 is 9.90 Å². The van der Waals surface area contributed by atoms with Gasteiger partial charge >= 0.3 is 0 Å². The first kappa shape index (κ1) is 21.5. The van der Waals surface area contributed by atoms with E-state index < -0.39 is 0 Å². The van der Waals surface area contributed by atoms with Crippen LogP contribution >= 0.6 is 15.9 Å². The van der Waals surface area contributed by atoms with E-state index in [9.17, 15) is 9.90 Å². The van der Waals surface area contributed by atoms with Gasteiger partial charge in [0.05, 0.1) is 12.2 Å². The molecule has 1 aliphatic heterocycles. The van der Waals surface area contributed by atoms with Crippen LogP contribution in [0.15, 0.2) is 32.9 Å². The van der Waals surface area contributed by atoms with Crippen LogP contribution in [-0.2, 0) is 11.5 Å². The number of nitrogens with zero attached hydrogens (tertiary/aromatic N) is 4. The zero-order chi connectivity index (χ0) is 20.9. The van der Waals surface area contributed by atoms with E-state index in [2.05, 4.69) is 31.1 Å². The summed E-state index contributed by atoms with van der Waals surface area (Å²) in [4.78, 5) is 14.7. The molecule has 1 aromatic carbocycles. The van der Waals surface area contributed by atoms with Gasteiger partial charge in [-0.15, -0.1) is 10.2 Å². The third-order valence-corrected chi connectivity index (χ3v) is 7.01. The Bertz CT molecular complexity index is 912. The number of fused-ring (bicyclic) bond motifs is 1. The normalized spacial score (nSPS) is 19.1. The molecule has 6 nitrogen and oxygen atoms in total. The van der Waals surface area contributed by atoms with Crippen LogP contribution in [0.25, 0.3) is 10.9 Å². The number of hydrogen-bond acceptors (Lipinski definition) is 4. The van der Waals surface area contributed by atoms with E-state index in [1.54, 1.807) is 0 Å². The minimum absolute atomic E-state index is 0.0810. The lowest BCUT2D eigenvalue weighted by Crippen LogP contribution is -2.31. The molecule has 1 saturated carbocycles. The standard InChI is InChI=1S/C23H31BrN4O2/c24-18-10-11-20-19(15-18)22(23(30)28(20)16-27-13-5-2-6-14-27)26-25-21(29)12-9-17-7-3-1-4-8-17/h10-11,15,17,30H,1-9,12-14,16H2. The maximum Gasteiger partial charge on any atom is 0.264 e. The molecule has 30 heavy (non-hydrogen) atoms. The Morgan fingerprint density at radius 3 is 2.60 bits per heavy atom. The number of aromatic hydroxyl groups is 1. The van der Waals surface area contributed by atoms with Gasteiger partial charge in [-0.05, 0) is 56.5 Å². The first-order valence-electron chi connectivity index (χ1n) is 11.3. The second-order valence-corrected chi connectivity index (χ2v) is 9.63. The number of piperidine rings is 1. The fraction of sp³-hybridized carbons (Fsp3) is 0.609. The molecule has 0 spiro atoms. The summed E-state index contributed by atoms with van der Waals surface area (Å²) in [5.41, 5.74) is 1.29. The smallest absolute Gasteiger partial charge is 0.264 e. The summed E-state index contributed by atoms with van der Waals surface area (Å²) < 4.78 is 2.79. The van der Waals surface area contributed by atoms with Crippen molar-refractivity contribution >= 4 is 38.4 Å². The summed E-state index contributed by atoms with van der Waals surface area (Å²) >= 11 is 3.51. The van der Waals surface area contributed by atoms with Gasteiger partial charge < -0.3 is 5.11 Å². The van der Waals surface area contributed by atoms with Crippen LogP contribution in [-0.4, -0.2) is 33.6 Å². The molecular formula is C23H31BrN4O2. The highest BCUT2D eigenvalue weighted by molar-refractivity contribution is 9.10. The van der Waals surface area contributed by atoms with E-state index in [1.807, 2.05) is 22.8 Å². The molecule has 0 radical (unpaired) electrons. The van der Waals surface area contributed by atoms with Crippen LogP contribution in [0.4, 0.5) is 5.69 Å². The van der Waals surface area contributed by atoms with Crippen LogP contribution in [0.5, 0.6) is 5.88 Å². The van der Waals surface area contributed by atoms with E-state index in [4.69, 9.17) is 0 Å². The Labute approximate surface area is 186 Å². The Hall–Kier alpha value is -1.73. The first-order valence-corrected chi connectivity index (χ1v) is 12.1. The Morgan fingerprint density at radius 1 is 1.10 bits per heavy atom. The number of hydrogen-bond donors (Lipinski definition) is 1. The highest BCUT2D eigenvalue weighted by Gasteiger charge is 2.20. The van der Waals surface area contributed by atoms with Crippen molar-refractivity contribution in [1.29, 1.82) is 0 Å². The topological polar surface area (TPSA) is 70.2 Å². The van der Waals surface area contributed by atoms with E-state index in [0.717, 1.165) is 34.9 Å². The zero-order valence-electron chi connectivity index (χ0n) is 17.5. The predicted octanol–water partition coefficient (Wildman–Crippen LogP) is 6.52. The number of aromatic nitrogens is 1. The van der Waals surface area contributed by atoms with Gasteiger partial charge in [0.1, 0.15) is 0 Å². The van der Waals surface area contributed by atoms with Gasteiger partial charge in [0.25, 0.3) is 5.91 Å². The van der Waals surface area contributed by atoms with Crippen LogP contribution in [0.3, 0.4) is 0 Å². The van der Waals surface area contributed by atoms with Crippen molar-refractivity contribution in [3.63, 3.8) is 0 Å². The Balaban J connectivity index is 1.52. The quantitative estimate of drug-likeness (QED) is 0.484. The summed E-state index contributed by atoms with van der Waals surface area (Å²) in [6.45, 7) is 2.69. The molecule has 0 bridgehead atoms. The lowest BCUT2D eigenvalue weighted by molar-refractivity contribution is -0.118. The fourth-order valence-electron chi connectivity index (χ4n) is 4.80. The highest BCUT2D eigenvalue weighted by Crippen LogP contribution is 2.40. The summed E-state index contributed by atoms with van der Waals surface area (Å²) in [7, 11) is 0. The molecule has 1 amide bonds. The number of azo groups is 1. The molecule has 1 N–H and O–H groups in total. The van der Waals surface area contributed by atoms with Gasteiger partial charge in [-0.1, -0.05) is 54.5 Å². The molecule has 2 fully saturated rings. The summed E-state index contributed by atoms with van der Waals surface area (Å²) in [5, 5.41) is 19.9. The van der Waals surface area contributed by atoms with E-state index in [1.165, 1.54) is 51.4 Å². The van der Waals surface area contributed by atoms with Crippen molar-refractivity contribution in [2.45, 2.75) is 70.9 Å². The predicted molar refractivity (Wildman–Crippen MR) is 122 cm³/mol. The minimum Gasteiger partial charge on any atom is -0.493 e. The second kappa shape index (κ2) is 10.1. The van der Waals surface area contributed by atoms with E-state index >= 15 is 0 Å². The van der Waals surface area contributed by atoms with E-state index in [-0.39, 0.29) is 11.8 Å². The number of rotatable bonds is 6. The van der Waals surface area contributed by atoms with Crippen LogP contribution in [0.2, 0.25) is 0 Å². The molecule has 162 valence electrons. The monoisotopic (exact) mass is 474 g/mol. The third-order valence-electron chi connectivity index (χ3n) is 6.51. The number of carbonyl (C=O) groups is 1. The van der Waals surface area contributed by atoms with Gasteiger partial charge in [0, 0.05) is 16.3 Å². The van der Waals surface area contributed by atoms with Crippen molar-refractivity contribution in [3.8, 4) is 5.88 Å². The van der Waals surface area contributed by atoms with Gasteiger partial charge in [-0.3, -0.25) is 14.3 Å². The molecule has 2 heterocycles. The second-order valence-electron chi connectivity index (χ2n) is 8.72. The summed E-state index contributed by atoms with van der Waals surface area (Å²) in [6.07, 6.45) is 11.3. The van der Waals surface area contributed by atoms with Crippen molar-refractivity contribution in [2.24, 2.45) is 16.1 Å². The van der Waals surface area contributed by atoms with Gasteiger partial charge in [0.2, 0.25) is 5.88 Å².